The van der Waals surface area contributed by atoms with Crippen LogP contribution in [0.25, 0.3) is 33.3 Å². The van der Waals surface area contributed by atoms with E-state index in [0.29, 0.717) is 45.1 Å². The van der Waals surface area contributed by atoms with Crippen LogP contribution in [0.15, 0.2) is 91.2 Å². The Kier molecular flexibility index (Phi) is 6.00. The van der Waals surface area contributed by atoms with Crippen molar-refractivity contribution >= 4 is 33.5 Å². The molecule has 8 heteroatoms. The van der Waals surface area contributed by atoms with E-state index < -0.39 is 5.63 Å². The van der Waals surface area contributed by atoms with Crippen molar-refractivity contribution in [2.45, 2.75) is 6.92 Å². The van der Waals surface area contributed by atoms with E-state index in [1.807, 2.05) is 6.92 Å². The van der Waals surface area contributed by atoms with Gasteiger partial charge >= 0.3 is 5.63 Å². The van der Waals surface area contributed by atoms with Crippen molar-refractivity contribution in [1.82, 2.24) is 0 Å². The molecule has 1 N–H and O–H groups in total. The molecule has 0 aliphatic carbocycles. The highest BCUT2D eigenvalue weighted by atomic mass is 16.5. The molecule has 0 aliphatic heterocycles. The molecule has 0 unspecified atom stereocenters. The van der Waals surface area contributed by atoms with Crippen LogP contribution in [0.5, 0.6) is 11.5 Å². The zero-order valence-corrected chi connectivity index (χ0v) is 19.5. The van der Waals surface area contributed by atoms with Gasteiger partial charge in [-0.25, -0.2) is 4.79 Å². The Labute approximate surface area is 204 Å². The number of hydrogen-bond acceptors (Lipinski definition) is 7. The highest BCUT2D eigenvalue weighted by molar-refractivity contribution is 5.92. The molecule has 8 nitrogen and oxygen atoms in total. The maximum Gasteiger partial charge on any atom is 0.336 e. The molecule has 3 aromatic carbocycles. The first kappa shape index (κ1) is 22.9. The lowest BCUT2D eigenvalue weighted by molar-refractivity contribution is -0.118. The summed E-state index contributed by atoms with van der Waals surface area (Å²) in [5.74, 6) is 1.04. The number of amides is 1. The van der Waals surface area contributed by atoms with Crippen molar-refractivity contribution in [1.29, 1.82) is 0 Å². The van der Waals surface area contributed by atoms with Crippen LogP contribution >= 0.6 is 0 Å². The van der Waals surface area contributed by atoms with Crippen LogP contribution in [0.4, 0.5) is 5.69 Å². The molecule has 2 heterocycles. The molecule has 0 aliphatic rings. The predicted molar refractivity (Wildman–Crippen MR) is 136 cm³/mol. The van der Waals surface area contributed by atoms with Crippen molar-refractivity contribution in [3.05, 3.63) is 99.0 Å². The molecule has 5 aromatic rings. The molecule has 1 amide bonds. The third-order valence-corrected chi connectivity index (χ3v) is 5.68. The Morgan fingerprint density at radius 3 is 2.39 bits per heavy atom. The molecule has 0 spiro atoms. The number of hydrogen-bond donors (Lipinski definition) is 1. The SMILES string of the molecule is COc1ccc2oc(-c3ccc(NC(=O)COc4ccc5c(C)cc(=O)oc5c4)cc3)cc(=O)c2c1. The average molecular weight is 483 g/mol. The summed E-state index contributed by atoms with van der Waals surface area (Å²) in [6.45, 7) is 1.59. The van der Waals surface area contributed by atoms with Crippen molar-refractivity contribution in [2.75, 3.05) is 19.0 Å². The molecule has 0 bridgehead atoms. The third-order valence-electron chi connectivity index (χ3n) is 5.68. The number of carbonyl (C=O) groups excluding carboxylic acids is 1. The second kappa shape index (κ2) is 9.42. The fourth-order valence-electron chi connectivity index (χ4n) is 3.86. The van der Waals surface area contributed by atoms with E-state index >= 15 is 0 Å². The quantitative estimate of drug-likeness (QED) is 0.342. The fraction of sp³-hybridized carbons (Fsp3) is 0.107. The molecule has 5 rings (SSSR count). The Bertz CT molecular complexity index is 1720. The van der Waals surface area contributed by atoms with Crippen LogP contribution in [-0.2, 0) is 4.79 Å². The van der Waals surface area contributed by atoms with Gasteiger partial charge in [0.15, 0.2) is 12.0 Å². The zero-order valence-electron chi connectivity index (χ0n) is 19.5. The van der Waals surface area contributed by atoms with Crippen LogP contribution in [0.2, 0.25) is 0 Å². The number of fused-ring (bicyclic) bond motifs is 2. The summed E-state index contributed by atoms with van der Waals surface area (Å²) < 4.78 is 21.8. The Morgan fingerprint density at radius 1 is 0.833 bits per heavy atom. The van der Waals surface area contributed by atoms with E-state index in [-0.39, 0.29) is 17.9 Å². The van der Waals surface area contributed by atoms with Gasteiger partial charge in [-0.3, -0.25) is 9.59 Å². The van der Waals surface area contributed by atoms with Crippen LogP contribution < -0.4 is 25.8 Å². The number of ether oxygens (including phenoxy) is 2. The largest absolute Gasteiger partial charge is 0.497 e. The second-order valence-electron chi connectivity index (χ2n) is 8.16. The summed E-state index contributed by atoms with van der Waals surface area (Å²) in [6, 6.07) is 19.9. The summed E-state index contributed by atoms with van der Waals surface area (Å²) in [7, 11) is 1.54. The van der Waals surface area contributed by atoms with Crippen molar-refractivity contribution < 1.29 is 23.1 Å². The average Bonchev–Trinajstić information content (AvgIpc) is 2.87. The molecule has 0 radical (unpaired) electrons. The lowest BCUT2D eigenvalue weighted by Gasteiger charge is -2.09. The number of carbonyl (C=O) groups is 1. The summed E-state index contributed by atoms with van der Waals surface area (Å²) in [5.41, 5.74) is 2.28. The number of rotatable bonds is 6. The van der Waals surface area contributed by atoms with Gasteiger partial charge < -0.3 is 23.6 Å². The van der Waals surface area contributed by atoms with Crippen molar-refractivity contribution in [2.24, 2.45) is 0 Å². The van der Waals surface area contributed by atoms with Crippen LogP contribution in [0.1, 0.15) is 5.56 Å². The first-order valence-corrected chi connectivity index (χ1v) is 11.1. The number of benzene rings is 3. The molecule has 2 aromatic heterocycles. The lowest BCUT2D eigenvalue weighted by Crippen LogP contribution is -2.20. The van der Waals surface area contributed by atoms with Gasteiger partial charge in [-0.2, -0.15) is 0 Å². The lowest BCUT2D eigenvalue weighted by atomic mass is 10.1. The highest BCUT2D eigenvalue weighted by Crippen LogP contribution is 2.26. The van der Waals surface area contributed by atoms with E-state index in [1.54, 1.807) is 60.7 Å². The van der Waals surface area contributed by atoms with Crippen LogP contribution in [-0.4, -0.2) is 19.6 Å². The third kappa shape index (κ3) is 4.69. The van der Waals surface area contributed by atoms with Gasteiger partial charge in [0, 0.05) is 34.8 Å². The summed E-state index contributed by atoms with van der Waals surface area (Å²) in [6.07, 6.45) is 0. The molecule has 180 valence electrons. The monoisotopic (exact) mass is 483 g/mol. The number of aryl methyl sites for hydroxylation is 1. The van der Waals surface area contributed by atoms with Gasteiger partial charge in [-0.15, -0.1) is 0 Å². The topological polar surface area (TPSA) is 108 Å². The molecule has 0 saturated carbocycles. The minimum atomic E-state index is -0.443. The van der Waals surface area contributed by atoms with Crippen LogP contribution in [0.3, 0.4) is 0 Å². The summed E-state index contributed by atoms with van der Waals surface area (Å²) in [5, 5.41) is 3.99. The van der Waals surface area contributed by atoms with Gasteiger partial charge in [0.25, 0.3) is 5.91 Å². The summed E-state index contributed by atoms with van der Waals surface area (Å²) >= 11 is 0. The molecule has 36 heavy (non-hydrogen) atoms. The van der Waals surface area contributed by atoms with Gasteiger partial charge in [0.05, 0.1) is 12.5 Å². The van der Waals surface area contributed by atoms with Gasteiger partial charge in [0.2, 0.25) is 0 Å². The minimum Gasteiger partial charge on any atom is -0.497 e. The normalized spacial score (nSPS) is 10.9. The van der Waals surface area contributed by atoms with E-state index in [2.05, 4.69) is 5.32 Å². The molecular formula is C28H21NO7. The Morgan fingerprint density at radius 2 is 1.61 bits per heavy atom. The van der Waals surface area contributed by atoms with E-state index in [9.17, 15) is 14.4 Å². The number of methoxy groups -OCH3 is 1. The van der Waals surface area contributed by atoms with Gasteiger partial charge in [-0.05, 0) is 67.1 Å². The summed E-state index contributed by atoms with van der Waals surface area (Å²) in [4.78, 5) is 36.5. The first-order chi connectivity index (χ1) is 17.4. The van der Waals surface area contributed by atoms with E-state index in [4.69, 9.17) is 18.3 Å². The van der Waals surface area contributed by atoms with Gasteiger partial charge in [0.1, 0.15) is 28.4 Å². The van der Waals surface area contributed by atoms with E-state index in [0.717, 1.165) is 10.9 Å². The van der Waals surface area contributed by atoms with Crippen molar-refractivity contribution in [3.8, 4) is 22.8 Å². The maximum atomic E-state index is 12.5. The minimum absolute atomic E-state index is 0.178. The Hall–Kier alpha value is -4.85. The number of anilines is 1. The zero-order chi connectivity index (χ0) is 25.2. The van der Waals surface area contributed by atoms with Crippen LogP contribution in [0, 0.1) is 6.92 Å². The maximum absolute atomic E-state index is 12.5. The van der Waals surface area contributed by atoms with Crippen molar-refractivity contribution in [3.63, 3.8) is 0 Å². The molecular weight excluding hydrogens is 462 g/mol. The molecule has 0 fully saturated rings. The van der Waals surface area contributed by atoms with E-state index in [1.165, 1.54) is 19.2 Å². The number of nitrogens with one attached hydrogen (secondary N) is 1. The van der Waals surface area contributed by atoms with Gasteiger partial charge in [-0.1, -0.05) is 0 Å². The fourth-order valence-corrected chi connectivity index (χ4v) is 3.86. The first-order valence-electron chi connectivity index (χ1n) is 11.1. The smallest absolute Gasteiger partial charge is 0.336 e. The Balaban J connectivity index is 1.26. The standard InChI is InChI=1S/C28H21NO7/c1-16-11-28(32)36-26-13-20(7-9-21(16)26)34-15-27(31)29-18-5-3-17(4-6-18)25-14-23(30)22-12-19(33-2)8-10-24(22)35-25/h3-14H,15H2,1-2H3,(H,29,31). The molecule has 0 atom stereocenters. The molecule has 0 saturated heterocycles. The second-order valence-corrected chi connectivity index (χ2v) is 8.16. The predicted octanol–water partition coefficient (Wildman–Crippen LogP) is 4.90. The highest BCUT2D eigenvalue weighted by Gasteiger charge is 2.10.